The topological polar surface area (TPSA) is 88.5 Å². The highest BCUT2D eigenvalue weighted by molar-refractivity contribution is 6.07. The monoisotopic (exact) mass is 444 g/mol. The number of nitrogens with zero attached hydrogens (tertiary/aromatic N) is 4. The number of benzene rings is 3. The van der Waals surface area contributed by atoms with Gasteiger partial charge in [-0.15, -0.1) is 0 Å². The van der Waals surface area contributed by atoms with Crippen LogP contribution in [0.3, 0.4) is 0 Å². The molecule has 3 aromatic heterocycles. The second kappa shape index (κ2) is 8.29. The first kappa shape index (κ1) is 19.9. The lowest BCUT2D eigenvalue weighted by Crippen LogP contribution is -2.13. The molecule has 0 fully saturated rings. The van der Waals surface area contributed by atoms with Crippen LogP contribution in [0.5, 0.6) is 0 Å². The van der Waals surface area contributed by atoms with E-state index in [9.17, 15) is 4.79 Å². The Kier molecular flexibility index (Phi) is 4.85. The number of hydrogen-bond acceptors (Lipinski definition) is 4. The van der Waals surface area contributed by atoms with Gasteiger partial charge >= 0.3 is 0 Å². The van der Waals surface area contributed by atoms with Gasteiger partial charge in [-0.3, -0.25) is 4.79 Å². The van der Waals surface area contributed by atoms with E-state index in [4.69, 9.17) is 0 Å². The second-order valence-corrected chi connectivity index (χ2v) is 8.03. The summed E-state index contributed by atoms with van der Waals surface area (Å²) in [6, 6.07) is 27.4. The maximum Gasteiger partial charge on any atom is 0.257 e. The highest BCUT2D eigenvalue weighted by Crippen LogP contribution is 2.28. The summed E-state index contributed by atoms with van der Waals surface area (Å²) in [5.74, 6) is 0.460. The summed E-state index contributed by atoms with van der Waals surface area (Å²) in [5.41, 5.74) is 5.65. The molecule has 34 heavy (non-hydrogen) atoms. The van der Waals surface area contributed by atoms with E-state index in [1.807, 2.05) is 77.5 Å². The van der Waals surface area contributed by atoms with Crippen LogP contribution in [-0.4, -0.2) is 30.6 Å². The maximum atomic E-state index is 13.1. The SMILES string of the molecule is O=C(Nc1ccccc1-c1nc2ccccc2[nH]1)c1cnc2c(cnn2Cc2ccccc2)c1. The molecule has 6 rings (SSSR count). The Balaban J connectivity index is 1.27. The molecule has 1 amide bonds. The fraction of sp³-hybridized carbons (Fsp3) is 0.0370. The third kappa shape index (κ3) is 3.69. The molecule has 0 radical (unpaired) electrons. The molecule has 6 aromatic rings. The first-order valence-electron chi connectivity index (χ1n) is 11.0. The third-order valence-electron chi connectivity index (χ3n) is 5.73. The molecular formula is C27H20N6O. The number of para-hydroxylation sites is 3. The van der Waals surface area contributed by atoms with E-state index in [0.29, 0.717) is 23.6 Å². The second-order valence-electron chi connectivity index (χ2n) is 8.03. The van der Waals surface area contributed by atoms with Crippen molar-refractivity contribution in [1.29, 1.82) is 0 Å². The summed E-state index contributed by atoms with van der Waals surface area (Å²) in [7, 11) is 0. The molecule has 0 saturated heterocycles. The predicted octanol–water partition coefficient (Wildman–Crippen LogP) is 5.28. The molecule has 0 unspecified atom stereocenters. The third-order valence-corrected chi connectivity index (χ3v) is 5.73. The van der Waals surface area contributed by atoms with Crippen molar-refractivity contribution in [2.75, 3.05) is 5.32 Å². The predicted molar refractivity (Wildman–Crippen MR) is 133 cm³/mol. The average molecular weight is 444 g/mol. The minimum absolute atomic E-state index is 0.242. The highest BCUT2D eigenvalue weighted by atomic mass is 16.1. The van der Waals surface area contributed by atoms with E-state index >= 15 is 0 Å². The number of carbonyl (C=O) groups excluding carboxylic acids is 1. The number of imidazole rings is 1. The number of anilines is 1. The van der Waals surface area contributed by atoms with E-state index in [-0.39, 0.29) is 5.91 Å². The summed E-state index contributed by atoms with van der Waals surface area (Å²) in [6.45, 7) is 0.619. The van der Waals surface area contributed by atoms with Crippen molar-refractivity contribution in [3.05, 3.63) is 108 Å². The van der Waals surface area contributed by atoms with Crippen LogP contribution < -0.4 is 5.32 Å². The Morgan fingerprint density at radius 3 is 2.59 bits per heavy atom. The summed E-state index contributed by atoms with van der Waals surface area (Å²) >= 11 is 0. The van der Waals surface area contributed by atoms with E-state index in [0.717, 1.165) is 33.2 Å². The van der Waals surface area contributed by atoms with Gasteiger partial charge in [-0.1, -0.05) is 54.6 Å². The summed E-state index contributed by atoms with van der Waals surface area (Å²) < 4.78 is 1.84. The van der Waals surface area contributed by atoms with E-state index in [2.05, 4.69) is 37.5 Å². The lowest BCUT2D eigenvalue weighted by atomic mass is 10.1. The summed E-state index contributed by atoms with van der Waals surface area (Å²) in [5, 5.41) is 8.29. The van der Waals surface area contributed by atoms with Crippen LogP contribution in [0.4, 0.5) is 5.69 Å². The van der Waals surface area contributed by atoms with Crippen LogP contribution in [0.25, 0.3) is 33.5 Å². The number of carbonyl (C=O) groups is 1. The van der Waals surface area contributed by atoms with Gasteiger partial charge in [-0.05, 0) is 35.9 Å². The number of rotatable bonds is 5. The van der Waals surface area contributed by atoms with Gasteiger partial charge in [0.15, 0.2) is 5.65 Å². The van der Waals surface area contributed by atoms with Gasteiger partial charge in [-0.2, -0.15) is 5.10 Å². The molecule has 0 aliphatic heterocycles. The minimum Gasteiger partial charge on any atom is -0.338 e. The van der Waals surface area contributed by atoms with Crippen LogP contribution in [-0.2, 0) is 6.54 Å². The van der Waals surface area contributed by atoms with Crippen molar-refractivity contribution in [2.24, 2.45) is 0 Å². The Labute approximate surface area is 195 Å². The molecule has 0 aliphatic rings. The molecule has 164 valence electrons. The van der Waals surface area contributed by atoms with Crippen molar-refractivity contribution >= 4 is 33.7 Å². The summed E-state index contributed by atoms with van der Waals surface area (Å²) in [6.07, 6.45) is 3.33. The molecule has 3 aromatic carbocycles. The van der Waals surface area contributed by atoms with Crippen molar-refractivity contribution < 1.29 is 4.79 Å². The van der Waals surface area contributed by atoms with Gasteiger partial charge in [-0.25, -0.2) is 14.6 Å². The van der Waals surface area contributed by atoms with Crippen molar-refractivity contribution in [3.8, 4) is 11.4 Å². The number of nitrogens with one attached hydrogen (secondary N) is 2. The van der Waals surface area contributed by atoms with E-state index in [1.54, 1.807) is 12.4 Å². The zero-order valence-corrected chi connectivity index (χ0v) is 18.1. The summed E-state index contributed by atoms with van der Waals surface area (Å²) in [4.78, 5) is 25.6. The molecule has 0 saturated carbocycles. The number of fused-ring (bicyclic) bond motifs is 2. The largest absolute Gasteiger partial charge is 0.338 e. The number of aromatic amines is 1. The molecule has 0 aliphatic carbocycles. The normalized spacial score (nSPS) is 11.2. The molecule has 7 heteroatoms. The number of H-pyrrole nitrogens is 1. The van der Waals surface area contributed by atoms with E-state index < -0.39 is 0 Å². The Morgan fingerprint density at radius 1 is 0.912 bits per heavy atom. The Morgan fingerprint density at radius 2 is 1.71 bits per heavy atom. The molecule has 0 bridgehead atoms. The van der Waals surface area contributed by atoms with Crippen LogP contribution in [0, 0.1) is 0 Å². The fourth-order valence-electron chi connectivity index (χ4n) is 4.04. The van der Waals surface area contributed by atoms with Crippen molar-refractivity contribution in [3.63, 3.8) is 0 Å². The molecule has 7 nitrogen and oxygen atoms in total. The Hall–Kier alpha value is -4.78. The van der Waals surface area contributed by atoms with Crippen molar-refractivity contribution in [2.45, 2.75) is 6.54 Å². The first-order chi connectivity index (χ1) is 16.7. The van der Waals surface area contributed by atoms with Crippen LogP contribution in [0.2, 0.25) is 0 Å². The zero-order valence-electron chi connectivity index (χ0n) is 18.1. The molecule has 2 N–H and O–H groups in total. The van der Waals surface area contributed by atoms with Gasteiger partial charge in [0.25, 0.3) is 5.91 Å². The standard InChI is InChI=1S/C27H20N6O/c34-27(20-14-19-16-29-33(26(19)28-15-20)17-18-8-2-1-3-9-18)32-22-11-5-4-10-21(22)25-30-23-12-6-7-13-24(23)31-25/h1-16H,17H2,(H,30,31)(H,32,34). The lowest BCUT2D eigenvalue weighted by molar-refractivity contribution is 0.102. The average Bonchev–Trinajstić information content (AvgIpc) is 3.49. The van der Waals surface area contributed by atoms with Crippen LogP contribution in [0.15, 0.2) is 97.3 Å². The van der Waals surface area contributed by atoms with Crippen molar-refractivity contribution in [1.82, 2.24) is 24.7 Å². The zero-order chi connectivity index (χ0) is 22.9. The molecule has 3 heterocycles. The van der Waals surface area contributed by atoms with E-state index in [1.165, 1.54) is 0 Å². The number of pyridine rings is 1. The lowest BCUT2D eigenvalue weighted by Gasteiger charge is -2.10. The van der Waals surface area contributed by atoms with Gasteiger partial charge in [0, 0.05) is 17.1 Å². The maximum absolute atomic E-state index is 13.1. The van der Waals surface area contributed by atoms with Gasteiger partial charge < -0.3 is 10.3 Å². The van der Waals surface area contributed by atoms with Gasteiger partial charge in [0.05, 0.1) is 35.0 Å². The first-order valence-corrected chi connectivity index (χ1v) is 11.0. The fourth-order valence-corrected chi connectivity index (χ4v) is 4.04. The Bertz CT molecular complexity index is 1600. The van der Waals surface area contributed by atoms with Crippen LogP contribution in [0.1, 0.15) is 15.9 Å². The number of hydrogen-bond donors (Lipinski definition) is 2. The highest BCUT2D eigenvalue weighted by Gasteiger charge is 2.15. The quantitative estimate of drug-likeness (QED) is 0.379. The number of amides is 1. The molecular weight excluding hydrogens is 424 g/mol. The smallest absolute Gasteiger partial charge is 0.257 e. The number of aromatic nitrogens is 5. The van der Waals surface area contributed by atoms with Crippen LogP contribution >= 0.6 is 0 Å². The van der Waals surface area contributed by atoms with Gasteiger partial charge in [0.2, 0.25) is 0 Å². The molecule has 0 spiro atoms. The van der Waals surface area contributed by atoms with Gasteiger partial charge in [0.1, 0.15) is 5.82 Å². The minimum atomic E-state index is -0.242. The molecule has 0 atom stereocenters.